The predicted molar refractivity (Wildman–Crippen MR) is 281 cm³/mol. The normalized spacial score (nSPS) is 13.0. The van der Waals surface area contributed by atoms with E-state index in [4.69, 9.17) is 0 Å². The number of aliphatic hydroxyl groups is 2. The molecular formula is C59H113NO3. The first kappa shape index (κ1) is 61.6. The Morgan fingerprint density at radius 2 is 0.651 bits per heavy atom. The molecule has 0 aromatic rings. The summed E-state index contributed by atoms with van der Waals surface area (Å²) in [6.07, 6.45) is 74.5. The molecule has 0 aromatic heterocycles. The Morgan fingerprint density at radius 1 is 0.381 bits per heavy atom. The van der Waals surface area contributed by atoms with Crippen LogP contribution in [0.4, 0.5) is 0 Å². The zero-order chi connectivity index (χ0) is 45.6. The van der Waals surface area contributed by atoms with Crippen LogP contribution in [0.25, 0.3) is 0 Å². The summed E-state index contributed by atoms with van der Waals surface area (Å²) in [7, 11) is 0. The lowest BCUT2D eigenvalue weighted by Crippen LogP contribution is -2.45. The van der Waals surface area contributed by atoms with Gasteiger partial charge in [0, 0.05) is 6.42 Å². The van der Waals surface area contributed by atoms with Crippen LogP contribution >= 0.6 is 0 Å². The van der Waals surface area contributed by atoms with Crippen molar-refractivity contribution in [3.8, 4) is 0 Å². The number of rotatable bonds is 53. The van der Waals surface area contributed by atoms with E-state index in [1.165, 1.54) is 263 Å². The van der Waals surface area contributed by atoms with Gasteiger partial charge in [-0.3, -0.25) is 4.79 Å². The van der Waals surface area contributed by atoms with Gasteiger partial charge in [-0.15, -0.1) is 0 Å². The van der Waals surface area contributed by atoms with Gasteiger partial charge in [-0.05, 0) is 51.4 Å². The van der Waals surface area contributed by atoms with E-state index in [2.05, 4.69) is 43.5 Å². The number of amides is 1. The van der Waals surface area contributed by atoms with Crippen molar-refractivity contribution in [3.05, 3.63) is 36.5 Å². The zero-order valence-corrected chi connectivity index (χ0v) is 42.9. The number of carbonyl (C=O) groups is 1. The molecule has 4 nitrogen and oxygen atoms in total. The first-order valence-electron chi connectivity index (χ1n) is 28.7. The molecule has 0 radical (unpaired) electrons. The lowest BCUT2D eigenvalue weighted by Gasteiger charge is -2.20. The fourth-order valence-corrected chi connectivity index (χ4v) is 8.98. The minimum atomic E-state index is -0.840. The highest BCUT2D eigenvalue weighted by molar-refractivity contribution is 5.76. The Labute approximate surface area is 395 Å². The topological polar surface area (TPSA) is 69.6 Å². The highest BCUT2D eigenvalue weighted by Crippen LogP contribution is 2.17. The minimum Gasteiger partial charge on any atom is -0.394 e. The molecule has 0 fully saturated rings. The van der Waals surface area contributed by atoms with Crippen LogP contribution in [0, 0.1) is 0 Å². The third-order valence-corrected chi connectivity index (χ3v) is 13.4. The first-order chi connectivity index (χ1) is 31.2. The second-order valence-electron chi connectivity index (χ2n) is 19.7. The maximum atomic E-state index is 12.5. The molecular weight excluding hydrogens is 771 g/mol. The first-order valence-corrected chi connectivity index (χ1v) is 28.7. The van der Waals surface area contributed by atoms with Crippen molar-refractivity contribution < 1.29 is 15.0 Å². The molecule has 0 aliphatic carbocycles. The quantitative estimate of drug-likeness (QED) is 0.0421. The summed E-state index contributed by atoms with van der Waals surface area (Å²) in [5.74, 6) is -0.0607. The molecule has 63 heavy (non-hydrogen) atoms. The van der Waals surface area contributed by atoms with E-state index in [-0.39, 0.29) is 12.5 Å². The average molecular weight is 885 g/mol. The molecule has 1 amide bonds. The monoisotopic (exact) mass is 884 g/mol. The second-order valence-corrected chi connectivity index (χ2v) is 19.7. The summed E-state index contributed by atoms with van der Waals surface area (Å²) < 4.78 is 0. The number of unbranched alkanes of at least 4 members (excludes halogenated alkanes) is 42. The SMILES string of the molecule is CCCCCCC/C=C\C/C=C\CCCCCCCCCCCCCCCC(=O)NC(CO)C(O)/C=C/CCCCCCCCCCCCCCCCCCCCCCCCCC. The molecule has 0 aliphatic heterocycles. The molecule has 0 aromatic carbocycles. The summed E-state index contributed by atoms with van der Waals surface area (Å²) >= 11 is 0. The minimum absolute atomic E-state index is 0.0607. The summed E-state index contributed by atoms with van der Waals surface area (Å²) in [5.41, 5.74) is 0. The zero-order valence-electron chi connectivity index (χ0n) is 42.9. The van der Waals surface area contributed by atoms with E-state index < -0.39 is 12.1 Å². The number of hydrogen-bond acceptors (Lipinski definition) is 3. The molecule has 0 rings (SSSR count). The average Bonchev–Trinajstić information content (AvgIpc) is 3.29. The second kappa shape index (κ2) is 54.9. The number of carbonyl (C=O) groups excluding carboxylic acids is 1. The molecule has 0 bridgehead atoms. The molecule has 0 saturated carbocycles. The Balaban J connectivity index is 3.48. The summed E-state index contributed by atoms with van der Waals surface area (Å²) in [6, 6.07) is -0.623. The van der Waals surface area contributed by atoms with Crippen LogP contribution in [0.3, 0.4) is 0 Å². The Kier molecular flexibility index (Phi) is 53.7. The third kappa shape index (κ3) is 51.5. The smallest absolute Gasteiger partial charge is 0.220 e. The van der Waals surface area contributed by atoms with Gasteiger partial charge in [-0.25, -0.2) is 0 Å². The fourth-order valence-electron chi connectivity index (χ4n) is 8.98. The van der Waals surface area contributed by atoms with E-state index in [1.54, 1.807) is 6.08 Å². The van der Waals surface area contributed by atoms with Crippen LogP contribution in [0.1, 0.15) is 316 Å². The number of aliphatic hydroxyl groups excluding tert-OH is 2. The van der Waals surface area contributed by atoms with E-state index in [0.717, 1.165) is 32.1 Å². The van der Waals surface area contributed by atoms with Crippen LogP contribution < -0.4 is 5.32 Å². The molecule has 0 spiro atoms. The van der Waals surface area contributed by atoms with Crippen molar-refractivity contribution in [1.82, 2.24) is 5.32 Å². The molecule has 0 aliphatic rings. The van der Waals surface area contributed by atoms with E-state index in [9.17, 15) is 15.0 Å². The van der Waals surface area contributed by atoms with E-state index in [0.29, 0.717) is 6.42 Å². The van der Waals surface area contributed by atoms with Gasteiger partial charge in [0.15, 0.2) is 0 Å². The summed E-state index contributed by atoms with van der Waals surface area (Å²) in [6.45, 7) is 4.33. The highest BCUT2D eigenvalue weighted by atomic mass is 16.3. The lowest BCUT2D eigenvalue weighted by molar-refractivity contribution is -0.123. The van der Waals surface area contributed by atoms with Gasteiger partial charge in [0.1, 0.15) is 0 Å². The van der Waals surface area contributed by atoms with Crippen molar-refractivity contribution in [3.63, 3.8) is 0 Å². The molecule has 372 valence electrons. The van der Waals surface area contributed by atoms with E-state index in [1.807, 2.05) is 6.08 Å². The van der Waals surface area contributed by atoms with Crippen LogP contribution in [0.15, 0.2) is 36.5 Å². The maximum Gasteiger partial charge on any atom is 0.220 e. The number of hydrogen-bond donors (Lipinski definition) is 3. The molecule has 2 unspecified atom stereocenters. The fraction of sp³-hybridized carbons (Fsp3) is 0.881. The van der Waals surface area contributed by atoms with Crippen molar-refractivity contribution in [2.75, 3.05) is 6.61 Å². The molecule has 0 heterocycles. The molecule has 4 heteroatoms. The molecule has 3 N–H and O–H groups in total. The summed E-state index contributed by atoms with van der Waals surface area (Å²) in [5, 5.41) is 23.2. The van der Waals surface area contributed by atoms with Gasteiger partial charge in [-0.1, -0.05) is 294 Å². The van der Waals surface area contributed by atoms with Gasteiger partial charge in [0.25, 0.3) is 0 Å². The van der Waals surface area contributed by atoms with Gasteiger partial charge < -0.3 is 15.5 Å². The van der Waals surface area contributed by atoms with Crippen molar-refractivity contribution in [1.29, 1.82) is 0 Å². The van der Waals surface area contributed by atoms with Crippen LogP contribution in [0.5, 0.6) is 0 Å². The Morgan fingerprint density at radius 3 is 0.952 bits per heavy atom. The van der Waals surface area contributed by atoms with Gasteiger partial charge in [0.2, 0.25) is 5.91 Å². The van der Waals surface area contributed by atoms with Crippen molar-refractivity contribution in [2.24, 2.45) is 0 Å². The van der Waals surface area contributed by atoms with Crippen LogP contribution in [0.2, 0.25) is 0 Å². The van der Waals surface area contributed by atoms with Gasteiger partial charge in [-0.2, -0.15) is 0 Å². The lowest BCUT2D eigenvalue weighted by atomic mass is 10.0. The summed E-state index contributed by atoms with van der Waals surface area (Å²) in [4.78, 5) is 12.5. The highest BCUT2D eigenvalue weighted by Gasteiger charge is 2.18. The standard InChI is InChI=1S/C59H113NO3/c1-3-5-7-9-11-13-15-17-19-21-23-25-27-29-31-32-34-36-38-40-42-44-46-48-50-52-54-58(62)57(56-61)60-59(63)55-53-51-49-47-45-43-41-39-37-35-33-30-28-26-24-22-20-18-16-14-12-10-8-6-4-2/h16,18,22,24,52,54,57-58,61-62H,3-15,17,19-21,23,25-51,53,55-56H2,1-2H3,(H,60,63)/b18-16-,24-22-,54-52+. The Bertz CT molecular complexity index is 958. The van der Waals surface area contributed by atoms with Crippen LogP contribution in [-0.2, 0) is 4.79 Å². The largest absolute Gasteiger partial charge is 0.394 e. The number of allylic oxidation sites excluding steroid dienone is 5. The van der Waals surface area contributed by atoms with Crippen molar-refractivity contribution in [2.45, 2.75) is 328 Å². The van der Waals surface area contributed by atoms with Crippen molar-refractivity contribution >= 4 is 5.91 Å². The predicted octanol–water partition coefficient (Wildman–Crippen LogP) is 18.9. The van der Waals surface area contributed by atoms with Gasteiger partial charge in [0.05, 0.1) is 18.8 Å². The molecule has 0 saturated heterocycles. The third-order valence-electron chi connectivity index (χ3n) is 13.4. The van der Waals surface area contributed by atoms with E-state index >= 15 is 0 Å². The maximum absolute atomic E-state index is 12.5. The number of nitrogens with one attached hydrogen (secondary N) is 1. The van der Waals surface area contributed by atoms with Gasteiger partial charge >= 0.3 is 0 Å². The molecule has 2 atom stereocenters. The van der Waals surface area contributed by atoms with Crippen LogP contribution in [-0.4, -0.2) is 34.9 Å². The Hall–Kier alpha value is -1.39.